The molecular formula is C43H27N3O2. The summed E-state index contributed by atoms with van der Waals surface area (Å²) in [6.07, 6.45) is 5.24. The van der Waals surface area contributed by atoms with Gasteiger partial charge in [-0.05, 0) is 47.4 Å². The summed E-state index contributed by atoms with van der Waals surface area (Å²) < 4.78 is 12.9. The Morgan fingerprint density at radius 3 is 2.23 bits per heavy atom. The molecule has 10 rings (SSSR count). The van der Waals surface area contributed by atoms with Crippen LogP contribution in [0.2, 0.25) is 0 Å². The van der Waals surface area contributed by atoms with Crippen LogP contribution in [-0.2, 0) is 6.42 Å². The summed E-state index contributed by atoms with van der Waals surface area (Å²) in [6.45, 7) is 0. The van der Waals surface area contributed by atoms with Gasteiger partial charge in [0.15, 0.2) is 11.6 Å². The summed E-state index contributed by atoms with van der Waals surface area (Å²) in [5.41, 5.74) is 9.79. The van der Waals surface area contributed by atoms with Gasteiger partial charge in [0.1, 0.15) is 28.2 Å². The molecule has 0 fully saturated rings. The maximum Gasteiger partial charge on any atom is 0.164 e. The van der Waals surface area contributed by atoms with Crippen LogP contribution in [0.1, 0.15) is 22.9 Å². The zero-order valence-electron chi connectivity index (χ0n) is 25.8. The fourth-order valence-corrected chi connectivity index (χ4v) is 7.13. The van der Waals surface area contributed by atoms with Crippen molar-refractivity contribution in [3.05, 3.63) is 156 Å². The lowest BCUT2D eigenvalue weighted by Crippen LogP contribution is -2.12. The van der Waals surface area contributed by atoms with Gasteiger partial charge in [0, 0.05) is 44.2 Å². The summed E-state index contributed by atoms with van der Waals surface area (Å²) in [6, 6.07) is 45.6. The average molecular weight is 618 g/mol. The van der Waals surface area contributed by atoms with Crippen LogP contribution in [-0.4, -0.2) is 15.0 Å². The Kier molecular flexibility index (Phi) is 5.93. The number of hydrogen-bond donors (Lipinski definition) is 0. The smallest absolute Gasteiger partial charge is 0.164 e. The Labute approximate surface area is 275 Å². The predicted octanol–water partition coefficient (Wildman–Crippen LogP) is 11.0. The molecule has 48 heavy (non-hydrogen) atoms. The van der Waals surface area contributed by atoms with Crippen LogP contribution in [0.15, 0.2) is 148 Å². The maximum atomic E-state index is 6.66. The van der Waals surface area contributed by atoms with Crippen LogP contribution in [0.5, 0.6) is 0 Å². The Bertz CT molecular complexity index is 2720. The van der Waals surface area contributed by atoms with Crippen molar-refractivity contribution in [2.24, 2.45) is 0 Å². The summed E-state index contributed by atoms with van der Waals surface area (Å²) in [4.78, 5) is 15.3. The summed E-state index contributed by atoms with van der Waals surface area (Å²) in [7, 11) is 0. The third-order valence-corrected chi connectivity index (χ3v) is 9.47. The second-order valence-electron chi connectivity index (χ2n) is 12.3. The first kappa shape index (κ1) is 26.8. The molecule has 226 valence electrons. The average Bonchev–Trinajstić information content (AvgIpc) is 3.73. The van der Waals surface area contributed by atoms with Crippen molar-refractivity contribution < 1.29 is 8.83 Å². The van der Waals surface area contributed by atoms with Gasteiger partial charge in [-0.3, -0.25) is 0 Å². The first-order chi connectivity index (χ1) is 23.8. The Hall–Kier alpha value is -6.33. The number of hydrogen-bond acceptors (Lipinski definition) is 5. The molecule has 3 aromatic heterocycles. The highest BCUT2D eigenvalue weighted by Gasteiger charge is 2.23. The van der Waals surface area contributed by atoms with Crippen LogP contribution >= 0.6 is 0 Å². The van der Waals surface area contributed by atoms with Gasteiger partial charge in [-0.15, -0.1) is 0 Å². The van der Waals surface area contributed by atoms with E-state index in [-0.39, 0.29) is 5.92 Å². The molecule has 5 nitrogen and oxygen atoms in total. The maximum absolute atomic E-state index is 6.66. The summed E-state index contributed by atoms with van der Waals surface area (Å²) in [5, 5.41) is 4.21. The van der Waals surface area contributed by atoms with E-state index in [4.69, 9.17) is 23.8 Å². The Morgan fingerprint density at radius 1 is 0.521 bits per heavy atom. The molecule has 9 aromatic rings. The number of para-hydroxylation sites is 2. The van der Waals surface area contributed by atoms with E-state index in [1.54, 1.807) is 0 Å². The van der Waals surface area contributed by atoms with Gasteiger partial charge in [-0.25, -0.2) is 15.0 Å². The number of furan rings is 2. The molecule has 3 heterocycles. The highest BCUT2D eigenvalue weighted by atomic mass is 16.3. The van der Waals surface area contributed by atoms with E-state index in [0.717, 1.165) is 78.4 Å². The molecule has 0 N–H and O–H groups in total. The van der Waals surface area contributed by atoms with Crippen molar-refractivity contribution in [1.82, 2.24) is 15.0 Å². The van der Waals surface area contributed by atoms with Crippen molar-refractivity contribution in [3.8, 4) is 33.9 Å². The number of nitrogens with zero attached hydrogens (tertiary/aromatic N) is 3. The first-order valence-electron chi connectivity index (χ1n) is 16.2. The van der Waals surface area contributed by atoms with Gasteiger partial charge < -0.3 is 8.83 Å². The zero-order chi connectivity index (χ0) is 31.6. The monoisotopic (exact) mass is 617 g/mol. The number of benzene rings is 6. The molecule has 0 saturated carbocycles. The topological polar surface area (TPSA) is 65.0 Å². The van der Waals surface area contributed by atoms with Gasteiger partial charge in [0.2, 0.25) is 0 Å². The van der Waals surface area contributed by atoms with Crippen LogP contribution in [0.25, 0.3) is 83.9 Å². The number of rotatable bonds is 4. The molecule has 1 unspecified atom stereocenters. The zero-order valence-corrected chi connectivity index (χ0v) is 25.8. The van der Waals surface area contributed by atoms with Crippen molar-refractivity contribution in [3.63, 3.8) is 0 Å². The van der Waals surface area contributed by atoms with E-state index < -0.39 is 0 Å². The van der Waals surface area contributed by atoms with E-state index in [1.165, 1.54) is 11.1 Å². The highest BCUT2D eigenvalue weighted by molar-refractivity contribution is 6.15. The third kappa shape index (κ3) is 4.28. The minimum Gasteiger partial charge on any atom is -0.456 e. The minimum atomic E-state index is 0.0316. The van der Waals surface area contributed by atoms with Gasteiger partial charge >= 0.3 is 0 Å². The predicted molar refractivity (Wildman–Crippen MR) is 193 cm³/mol. The molecule has 1 aliphatic rings. The molecule has 5 heteroatoms. The molecule has 6 aromatic carbocycles. The Balaban J connectivity index is 1.15. The standard InChI is InChI=1S/C43H27N3O2/c1-2-11-27(12-3-1)41-44-42(30-21-20-26-10-4-5-13-28(26)24-30)46-43(45-41)35-17-9-19-37-39(35)34-16-8-15-31(40(34)48-37)29-22-23-33-32-14-6-7-18-36(32)47-38(33)25-29/h1-23,25,30H,24H2. The van der Waals surface area contributed by atoms with Crippen LogP contribution in [0, 0.1) is 0 Å². The number of fused-ring (bicyclic) bond motifs is 7. The lowest BCUT2D eigenvalue weighted by molar-refractivity contribution is 0.668. The molecule has 0 bridgehead atoms. The molecule has 0 amide bonds. The second kappa shape index (κ2) is 10.6. The van der Waals surface area contributed by atoms with Crippen LogP contribution in [0.4, 0.5) is 0 Å². The molecule has 0 aliphatic heterocycles. The fourth-order valence-electron chi connectivity index (χ4n) is 7.13. The van der Waals surface area contributed by atoms with Gasteiger partial charge in [0.25, 0.3) is 0 Å². The summed E-state index contributed by atoms with van der Waals surface area (Å²) in [5.74, 6) is 2.08. The lowest BCUT2D eigenvalue weighted by Gasteiger charge is -2.19. The van der Waals surface area contributed by atoms with Gasteiger partial charge in [-0.2, -0.15) is 0 Å². The number of allylic oxidation sites excluding steroid dienone is 1. The minimum absolute atomic E-state index is 0.0316. The van der Waals surface area contributed by atoms with Gasteiger partial charge in [0.05, 0.1) is 0 Å². The second-order valence-corrected chi connectivity index (χ2v) is 12.3. The van der Waals surface area contributed by atoms with Crippen molar-refractivity contribution in [1.29, 1.82) is 0 Å². The van der Waals surface area contributed by atoms with Gasteiger partial charge in [-0.1, -0.05) is 121 Å². The number of aromatic nitrogens is 3. The molecule has 0 spiro atoms. The van der Waals surface area contributed by atoms with Crippen molar-refractivity contribution in [2.45, 2.75) is 12.3 Å². The van der Waals surface area contributed by atoms with E-state index in [1.807, 2.05) is 60.7 Å². The normalized spacial score (nSPS) is 14.3. The SMILES string of the molecule is C1=CC(c2nc(-c3ccccc3)nc(-c3cccc4oc5c(-c6ccc7c(c6)oc6ccccc67)cccc5c34)n2)Cc2ccccc21. The molecule has 1 atom stereocenters. The van der Waals surface area contributed by atoms with E-state index >= 15 is 0 Å². The lowest BCUT2D eigenvalue weighted by atomic mass is 9.89. The van der Waals surface area contributed by atoms with Crippen molar-refractivity contribution >= 4 is 50.0 Å². The van der Waals surface area contributed by atoms with E-state index in [2.05, 4.69) is 84.9 Å². The van der Waals surface area contributed by atoms with E-state index in [9.17, 15) is 0 Å². The van der Waals surface area contributed by atoms with Crippen LogP contribution < -0.4 is 0 Å². The molecule has 1 aliphatic carbocycles. The third-order valence-electron chi connectivity index (χ3n) is 9.47. The van der Waals surface area contributed by atoms with Crippen molar-refractivity contribution in [2.75, 3.05) is 0 Å². The molecular weight excluding hydrogens is 590 g/mol. The molecule has 0 saturated heterocycles. The fraction of sp³-hybridized carbons (Fsp3) is 0.0465. The summed E-state index contributed by atoms with van der Waals surface area (Å²) >= 11 is 0. The quantitative estimate of drug-likeness (QED) is 0.197. The largest absolute Gasteiger partial charge is 0.456 e. The molecule has 0 radical (unpaired) electrons. The first-order valence-corrected chi connectivity index (χ1v) is 16.2. The highest BCUT2D eigenvalue weighted by Crippen LogP contribution is 2.41. The Morgan fingerprint density at radius 2 is 1.27 bits per heavy atom. The van der Waals surface area contributed by atoms with E-state index in [0.29, 0.717) is 11.6 Å². The van der Waals surface area contributed by atoms with Crippen LogP contribution in [0.3, 0.4) is 0 Å².